The third-order valence-electron chi connectivity index (χ3n) is 4.77. The number of hydrogen-bond donors (Lipinski definition) is 3. The Hall–Kier alpha value is -3.88. The van der Waals surface area contributed by atoms with E-state index in [1.807, 2.05) is 78.9 Å². The highest BCUT2D eigenvalue weighted by atomic mass is 35.5. The predicted octanol–water partition coefficient (Wildman–Crippen LogP) is 3.88. The van der Waals surface area contributed by atoms with Gasteiger partial charge in [0.25, 0.3) is 0 Å². The van der Waals surface area contributed by atoms with Gasteiger partial charge in [-0.3, -0.25) is 0 Å². The number of benzene rings is 3. The van der Waals surface area contributed by atoms with Crippen LogP contribution in [0.1, 0.15) is 11.4 Å². The van der Waals surface area contributed by atoms with E-state index in [0.29, 0.717) is 18.0 Å². The zero-order chi connectivity index (χ0) is 24.5. The van der Waals surface area contributed by atoms with Gasteiger partial charge in [0.05, 0.1) is 17.6 Å². The summed E-state index contributed by atoms with van der Waals surface area (Å²) in [7, 11) is 0. The maximum atomic E-state index is 10.6. The lowest BCUT2D eigenvalue weighted by Crippen LogP contribution is -2.24. The molecule has 176 valence electrons. The summed E-state index contributed by atoms with van der Waals surface area (Å²) in [6.07, 6.45) is 0.0137. The maximum absolute atomic E-state index is 10.6. The molecular weight excluding hydrogens is 460 g/mol. The monoisotopic (exact) mass is 482 g/mol. The molecule has 0 radical (unpaired) electrons. The van der Waals surface area contributed by atoms with Gasteiger partial charge in [-0.05, 0) is 42.0 Å². The molecule has 3 N–H and O–H groups in total. The molecule has 0 fully saturated rings. The van der Waals surface area contributed by atoms with E-state index >= 15 is 0 Å². The van der Waals surface area contributed by atoms with E-state index in [0.717, 1.165) is 28.2 Å². The lowest BCUT2D eigenvalue weighted by Gasteiger charge is -2.16. The van der Waals surface area contributed by atoms with Crippen molar-refractivity contribution in [2.24, 2.45) is 0 Å². The fraction of sp³-hybridized carbons (Fsp3) is 0.160. The standard InChI is InChI=1S/C23H21ClN2O2.C2H2O4/c24-18-12-10-17(11-13-18)14-23-25-21-8-4-5-9-22(21)26(23)15-19(27)16-28-20-6-2-1-3-7-20;3-1(4)2(5)6/h1-13,19,27H,14-16H2;(H,3,4)(H,5,6). The third kappa shape index (κ3) is 7.06. The number of ether oxygens (including phenoxy) is 1. The van der Waals surface area contributed by atoms with Crippen LogP contribution in [-0.2, 0) is 22.6 Å². The number of hydrogen-bond acceptors (Lipinski definition) is 5. The van der Waals surface area contributed by atoms with Crippen LogP contribution in [0.3, 0.4) is 0 Å². The number of aromatic nitrogens is 2. The molecule has 0 aliphatic rings. The Balaban J connectivity index is 0.000000481. The molecule has 1 aromatic heterocycles. The molecular formula is C25H23ClN2O6. The van der Waals surface area contributed by atoms with E-state index in [4.69, 9.17) is 41.1 Å². The summed E-state index contributed by atoms with van der Waals surface area (Å²) < 4.78 is 7.77. The number of imidazole rings is 1. The largest absolute Gasteiger partial charge is 0.491 e. The van der Waals surface area contributed by atoms with Gasteiger partial charge >= 0.3 is 11.9 Å². The number of nitrogens with zero attached hydrogens (tertiary/aromatic N) is 2. The normalized spacial score (nSPS) is 11.4. The van der Waals surface area contributed by atoms with E-state index in [2.05, 4.69) is 4.57 Å². The molecule has 3 aromatic carbocycles. The molecule has 8 nitrogen and oxygen atoms in total. The van der Waals surface area contributed by atoms with Gasteiger partial charge in [-0.2, -0.15) is 0 Å². The van der Waals surface area contributed by atoms with E-state index in [1.54, 1.807) is 0 Å². The summed E-state index contributed by atoms with van der Waals surface area (Å²) in [4.78, 5) is 23.0. The second kappa shape index (κ2) is 11.8. The second-order valence-electron chi connectivity index (χ2n) is 7.32. The highest BCUT2D eigenvalue weighted by Crippen LogP contribution is 2.20. The Kier molecular flexibility index (Phi) is 8.61. The van der Waals surface area contributed by atoms with Crippen molar-refractivity contribution in [1.82, 2.24) is 9.55 Å². The lowest BCUT2D eigenvalue weighted by molar-refractivity contribution is -0.159. The molecule has 0 amide bonds. The van der Waals surface area contributed by atoms with Crippen molar-refractivity contribution in [2.45, 2.75) is 19.1 Å². The minimum atomic E-state index is -1.82. The molecule has 0 aliphatic heterocycles. The van der Waals surface area contributed by atoms with Gasteiger partial charge in [0.2, 0.25) is 0 Å². The number of fused-ring (bicyclic) bond motifs is 1. The van der Waals surface area contributed by atoms with Crippen LogP contribution in [0.4, 0.5) is 0 Å². The number of rotatable bonds is 7. The zero-order valence-electron chi connectivity index (χ0n) is 18.0. The molecule has 1 atom stereocenters. The Bertz CT molecular complexity index is 1230. The van der Waals surface area contributed by atoms with Crippen molar-refractivity contribution in [3.63, 3.8) is 0 Å². The fourth-order valence-corrected chi connectivity index (χ4v) is 3.35. The van der Waals surface area contributed by atoms with E-state index in [1.165, 1.54) is 0 Å². The summed E-state index contributed by atoms with van der Waals surface area (Å²) in [5.41, 5.74) is 3.05. The molecule has 34 heavy (non-hydrogen) atoms. The summed E-state index contributed by atoms with van der Waals surface area (Å²) in [6, 6.07) is 25.3. The van der Waals surface area contributed by atoms with Crippen LogP contribution < -0.4 is 4.74 Å². The van der Waals surface area contributed by atoms with Crippen molar-refractivity contribution >= 4 is 34.6 Å². The Morgan fingerprint density at radius 1 is 0.912 bits per heavy atom. The van der Waals surface area contributed by atoms with E-state index < -0.39 is 18.0 Å². The van der Waals surface area contributed by atoms with Crippen molar-refractivity contribution in [1.29, 1.82) is 0 Å². The van der Waals surface area contributed by atoms with Crippen LogP contribution in [0.15, 0.2) is 78.9 Å². The average Bonchev–Trinajstić information content (AvgIpc) is 3.17. The molecule has 1 heterocycles. The van der Waals surface area contributed by atoms with Crippen LogP contribution in [0, 0.1) is 0 Å². The molecule has 0 saturated heterocycles. The first-order chi connectivity index (χ1) is 16.3. The van der Waals surface area contributed by atoms with Gasteiger partial charge in [-0.25, -0.2) is 14.6 Å². The number of aliphatic hydroxyl groups is 1. The topological polar surface area (TPSA) is 122 Å². The number of carbonyl (C=O) groups is 2. The Morgan fingerprint density at radius 3 is 2.18 bits per heavy atom. The first-order valence-electron chi connectivity index (χ1n) is 10.3. The Morgan fingerprint density at radius 2 is 1.53 bits per heavy atom. The number of carboxylic acids is 2. The van der Waals surface area contributed by atoms with E-state index in [9.17, 15) is 5.11 Å². The van der Waals surface area contributed by atoms with Gasteiger partial charge in [-0.1, -0.05) is 54.1 Å². The number of aliphatic carboxylic acids is 2. The van der Waals surface area contributed by atoms with Crippen LogP contribution >= 0.6 is 11.6 Å². The van der Waals surface area contributed by atoms with Crippen LogP contribution in [0.5, 0.6) is 5.75 Å². The molecule has 0 spiro atoms. The third-order valence-corrected chi connectivity index (χ3v) is 5.02. The summed E-state index contributed by atoms with van der Waals surface area (Å²) in [5.74, 6) is -1.99. The smallest absolute Gasteiger partial charge is 0.414 e. The first kappa shape index (κ1) is 24.8. The average molecular weight is 483 g/mol. The maximum Gasteiger partial charge on any atom is 0.414 e. The molecule has 9 heteroatoms. The van der Waals surface area contributed by atoms with Crippen LogP contribution in [-0.4, -0.2) is 49.5 Å². The Labute approximate surface area is 200 Å². The number of para-hydroxylation sites is 3. The van der Waals surface area contributed by atoms with Gasteiger partial charge in [0, 0.05) is 11.4 Å². The summed E-state index contributed by atoms with van der Waals surface area (Å²) in [5, 5.41) is 26.1. The van der Waals surface area contributed by atoms with Gasteiger partial charge in [0.15, 0.2) is 0 Å². The lowest BCUT2D eigenvalue weighted by atomic mass is 10.1. The quantitative estimate of drug-likeness (QED) is 0.342. The van der Waals surface area contributed by atoms with Crippen LogP contribution in [0.25, 0.3) is 11.0 Å². The summed E-state index contributed by atoms with van der Waals surface area (Å²) >= 11 is 6.00. The molecule has 0 aliphatic carbocycles. The SMILES string of the molecule is O=C(O)C(=O)O.OC(COc1ccccc1)Cn1c(Cc2ccc(Cl)cc2)nc2ccccc21. The molecule has 4 rings (SSSR count). The minimum absolute atomic E-state index is 0.219. The number of halogens is 1. The highest BCUT2D eigenvalue weighted by Gasteiger charge is 2.15. The molecule has 1 unspecified atom stereocenters. The minimum Gasteiger partial charge on any atom is -0.491 e. The van der Waals surface area contributed by atoms with Gasteiger partial charge in [0.1, 0.15) is 24.3 Å². The molecule has 4 aromatic rings. The van der Waals surface area contributed by atoms with E-state index in [-0.39, 0.29) is 6.61 Å². The van der Waals surface area contributed by atoms with Gasteiger partial charge in [-0.15, -0.1) is 0 Å². The van der Waals surface area contributed by atoms with Crippen molar-refractivity contribution in [3.05, 3.63) is 95.3 Å². The van der Waals surface area contributed by atoms with Crippen molar-refractivity contribution in [2.75, 3.05) is 6.61 Å². The molecule has 0 bridgehead atoms. The first-order valence-corrected chi connectivity index (χ1v) is 10.7. The second-order valence-corrected chi connectivity index (χ2v) is 7.76. The zero-order valence-corrected chi connectivity index (χ0v) is 18.8. The summed E-state index contributed by atoms with van der Waals surface area (Å²) in [6.45, 7) is 0.632. The predicted molar refractivity (Wildman–Crippen MR) is 127 cm³/mol. The van der Waals surface area contributed by atoms with Crippen molar-refractivity contribution in [3.8, 4) is 5.75 Å². The fourth-order valence-electron chi connectivity index (χ4n) is 3.22. The number of carboxylic acid groups (broad SMARTS) is 2. The van der Waals surface area contributed by atoms with Crippen LogP contribution in [0.2, 0.25) is 5.02 Å². The van der Waals surface area contributed by atoms with Gasteiger partial charge < -0.3 is 24.6 Å². The number of aliphatic hydroxyl groups excluding tert-OH is 1. The van der Waals surface area contributed by atoms with Crippen molar-refractivity contribution < 1.29 is 29.6 Å². The highest BCUT2D eigenvalue weighted by molar-refractivity contribution is 6.30. The molecule has 0 saturated carbocycles.